The molecule has 0 unspecified atom stereocenters. The molecule has 128 valence electrons. The monoisotopic (exact) mass is 337 g/mol. The molecule has 0 spiro atoms. The Balaban J connectivity index is 1.76. The average Bonchev–Trinajstić information content (AvgIpc) is 2.93. The second kappa shape index (κ2) is 7.17. The summed E-state index contributed by atoms with van der Waals surface area (Å²) in [6, 6.07) is 10.7. The number of para-hydroxylation sites is 1. The maximum absolute atomic E-state index is 12.6. The van der Waals surface area contributed by atoms with Gasteiger partial charge in [0.05, 0.1) is 16.8 Å². The lowest BCUT2D eigenvalue weighted by molar-refractivity contribution is 0.102. The fourth-order valence-corrected chi connectivity index (χ4v) is 2.36. The Hall–Kier alpha value is -3.15. The molecule has 6 heteroatoms. The molecule has 1 amide bonds. The quantitative estimate of drug-likeness (QED) is 0.766. The molecule has 2 aromatic heterocycles. The Bertz CT molecular complexity index is 866. The molecule has 2 heterocycles. The molecule has 0 radical (unpaired) electrons. The van der Waals surface area contributed by atoms with Crippen molar-refractivity contribution in [3.63, 3.8) is 0 Å². The number of carbonyl (C=O) groups is 1. The maximum atomic E-state index is 12.6. The number of hydrogen-bond donors (Lipinski definition) is 1. The molecule has 6 nitrogen and oxygen atoms in total. The molecule has 0 aliphatic rings. The van der Waals surface area contributed by atoms with Crippen molar-refractivity contribution in [1.29, 1.82) is 0 Å². The van der Waals surface area contributed by atoms with Crippen molar-refractivity contribution in [3.05, 3.63) is 70.7 Å². The van der Waals surface area contributed by atoms with E-state index in [2.05, 4.69) is 15.5 Å². The van der Waals surface area contributed by atoms with E-state index in [1.165, 1.54) is 0 Å². The summed E-state index contributed by atoms with van der Waals surface area (Å²) in [5, 5.41) is 6.69. The molecule has 0 atom stereocenters. The average molecular weight is 337 g/mol. The van der Waals surface area contributed by atoms with Crippen molar-refractivity contribution >= 4 is 11.7 Å². The third kappa shape index (κ3) is 3.85. The van der Waals surface area contributed by atoms with Gasteiger partial charge in [0.15, 0.2) is 0 Å². The van der Waals surface area contributed by atoms with Crippen molar-refractivity contribution in [2.24, 2.45) is 0 Å². The summed E-state index contributed by atoms with van der Waals surface area (Å²) in [4.78, 5) is 16.7. The number of rotatable bonds is 5. The largest absolute Gasteiger partial charge is 0.488 e. The number of pyridine rings is 1. The fourth-order valence-electron chi connectivity index (χ4n) is 2.36. The van der Waals surface area contributed by atoms with E-state index in [0.717, 1.165) is 16.8 Å². The highest BCUT2D eigenvalue weighted by Crippen LogP contribution is 2.22. The molecule has 0 bridgehead atoms. The maximum Gasteiger partial charge on any atom is 0.260 e. The Labute approximate surface area is 145 Å². The zero-order chi connectivity index (χ0) is 17.8. The molecule has 25 heavy (non-hydrogen) atoms. The predicted octanol–water partition coefficient (Wildman–Crippen LogP) is 3.83. The van der Waals surface area contributed by atoms with E-state index < -0.39 is 0 Å². The van der Waals surface area contributed by atoms with Crippen LogP contribution in [0.2, 0.25) is 0 Å². The second-order valence-electron chi connectivity index (χ2n) is 5.76. The smallest absolute Gasteiger partial charge is 0.260 e. The number of benzene rings is 1. The van der Waals surface area contributed by atoms with Crippen molar-refractivity contribution in [3.8, 4) is 5.75 Å². The number of nitrogens with zero attached hydrogens (tertiary/aromatic N) is 2. The van der Waals surface area contributed by atoms with Crippen LogP contribution in [0.5, 0.6) is 5.75 Å². The van der Waals surface area contributed by atoms with E-state index in [1.807, 2.05) is 32.9 Å². The molecule has 0 saturated carbocycles. The number of nitrogens with one attached hydrogen (secondary N) is 1. The van der Waals surface area contributed by atoms with Gasteiger partial charge < -0.3 is 14.6 Å². The standard InChI is InChI=1S/C19H19N3O3/c1-12-8-9-18(20-10-12)21-19(23)15-6-4-5-7-17(15)24-11-16-13(2)22-25-14(16)3/h4-10H,11H2,1-3H3,(H,20,21,23). The molecule has 1 aromatic carbocycles. The van der Waals surface area contributed by atoms with Crippen molar-refractivity contribution < 1.29 is 14.1 Å². The van der Waals surface area contributed by atoms with Crippen LogP contribution in [0.25, 0.3) is 0 Å². The molecule has 1 N–H and O–H groups in total. The normalized spacial score (nSPS) is 10.5. The Morgan fingerprint density at radius 1 is 1.16 bits per heavy atom. The first-order chi connectivity index (χ1) is 12.0. The fraction of sp³-hybridized carbons (Fsp3) is 0.211. The van der Waals surface area contributed by atoms with Crippen molar-refractivity contribution in [2.75, 3.05) is 5.32 Å². The molecule has 0 aliphatic carbocycles. The van der Waals surface area contributed by atoms with Crippen LogP contribution in [-0.4, -0.2) is 16.0 Å². The lowest BCUT2D eigenvalue weighted by Crippen LogP contribution is -2.14. The summed E-state index contributed by atoms with van der Waals surface area (Å²) in [5.41, 5.74) is 3.14. The number of amides is 1. The van der Waals surface area contributed by atoms with Gasteiger partial charge in [0.1, 0.15) is 23.9 Å². The predicted molar refractivity (Wildman–Crippen MR) is 93.7 cm³/mol. The van der Waals surface area contributed by atoms with Gasteiger partial charge in [-0.15, -0.1) is 0 Å². The van der Waals surface area contributed by atoms with Gasteiger partial charge in [-0.3, -0.25) is 4.79 Å². The number of aromatic nitrogens is 2. The van der Waals surface area contributed by atoms with E-state index in [0.29, 0.717) is 22.9 Å². The summed E-state index contributed by atoms with van der Waals surface area (Å²) < 4.78 is 11.0. The van der Waals surface area contributed by atoms with Crippen LogP contribution in [0.15, 0.2) is 47.1 Å². The van der Waals surface area contributed by atoms with Gasteiger partial charge in [0.2, 0.25) is 0 Å². The summed E-state index contributed by atoms with van der Waals surface area (Å²) in [5.74, 6) is 1.43. The van der Waals surface area contributed by atoms with Crippen LogP contribution >= 0.6 is 0 Å². The van der Waals surface area contributed by atoms with Gasteiger partial charge in [-0.1, -0.05) is 23.4 Å². The van der Waals surface area contributed by atoms with E-state index >= 15 is 0 Å². The number of ether oxygens (including phenoxy) is 1. The minimum Gasteiger partial charge on any atom is -0.488 e. The summed E-state index contributed by atoms with van der Waals surface area (Å²) in [7, 11) is 0. The van der Waals surface area contributed by atoms with E-state index in [1.54, 1.807) is 30.5 Å². The minimum atomic E-state index is -0.272. The van der Waals surface area contributed by atoms with Crippen LogP contribution < -0.4 is 10.1 Å². The third-order valence-electron chi connectivity index (χ3n) is 3.84. The van der Waals surface area contributed by atoms with Gasteiger partial charge in [0, 0.05) is 6.20 Å². The number of hydrogen-bond acceptors (Lipinski definition) is 5. The molecule has 3 aromatic rings. The Morgan fingerprint density at radius 3 is 2.64 bits per heavy atom. The van der Waals surface area contributed by atoms with Gasteiger partial charge in [-0.2, -0.15) is 0 Å². The van der Waals surface area contributed by atoms with Gasteiger partial charge in [-0.05, 0) is 44.5 Å². The van der Waals surface area contributed by atoms with Crippen LogP contribution in [0.3, 0.4) is 0 Å². The molecule has 3 rings (SSSR count). The van der Waals surface area contributed by atoms with E-state index in [4.69, 9.17) is 9.26 Å². The minimum absolute atomic E-state index is 0.272. The number of aryl methyl sites for hydroxylation is 3. The van der Waals surface area contributed by atoms with Crippen LogP contribution in [-0.2, 0) is 6.61 Å². The number of carbonyl (C=O) groups excluding carboxylic acids is 1. The van der Waals surface area contributed by atoms with E-state index in [-0.39, 0.29) is 12.5 Å². The second-order valence-corrected chi connectivity index (χ2v) is 5.76. The SMILES string of the molecule is Cc1ccc(NC(=O)c2ccccc2OCc2c(C)noc2C)nc1. The molecule has 0 fully saturated rings. The molecule has 0 saturated heterocycles. The summed E-state index contributed by atoms with van der Waals surface area (Å²) in [6.07, 6.45) is 1.70. The molecular formula is C19H19N3O3. The highest BCUT2D eigenvalue weighted by atomic mass is 16.5. The van der Waals surface area contributed by atoms with Gasteiger partial charge in [0.25, 0.3) is 5.91 Å². The van der Waals surface area contributed by atoms with Gasteiger partial charge >= 0.3 is 0 Å². The van der Waals surface area contributed by atoms with Crippen LogP contribution in [0.4, 0.5) is 5.82 Å². The molecule has 0 aliphatic heterocycles. The van der Waals surface area contributed by atoms with Crippen molar-refractivity contribution in [2.45, 2.75) is 27.4 Å². The Kier molecular flexibility index (Phi) is 4.79. The zero-order valence-electron chi connectivity index (χ0n) is 14.4. The van der Waals surface area contributed by atoms with Crippen LogP contribution in [0, 0.1) is 20.8 Å². The van der Waals surface area contributed by atoms with Crippen molar-refractivity contribution in [1.82, 2.24) is 10.1 Å². The first-order valence-corrected chi connectivity index (χ1v) is 7.92. The first kappa shape index (κ1) is 16.7. The topological polar surface area (TPSA) is 77.2 Å². The third-order valence-corrected chi connectivity index (χ3v) is 3.84. The Morgan fingerprint density at radius 2 is 1.96 bits per heavy atom. The number of anilines is 1. The van der Waals surface area contributed by atoms with E-state index in [9.17, 15) is 4.79 Å². The highest BCUT2D eigenvalue weighted by molar-refractivity contribution is 6.05. The summed E-state index contributed by atoms with van der Waals surface area (Å²) >= 11 is 0. The lowest BCUT2D eigenvalue weighted by atomic mass is 10.1. The lowest BCUT2D eigenvalue weighted by Gasteiger charge is -2.11. The highest BCUT2D eigenvalue weighted by Gasteiger charge is 2.15. The first-order valence-electron chi connectivity index (χ1n) is 7.92. The summed E-state index contributed by atoms with van der Waals surface area (Å²) in [6.45, 7) is 5.92. The van der Waals surface area contributed by atoms with Crippen LogP contribution in [0.1, 0.15) is 32.9 Å². The zero-order valence-corrected chi connectivity index (χ0v) is 14.4. The molecular weight excluding hydrogens is 318 g/mol. The van der Waals surface area contributed by atoms with Gasteiger partial charge in [-0.25, -0.2) is 4.98 Å².